The molecule has 2 N–H and O–H groups in total. The van der Waals surface area contributed by atoms with Crippen molar-refractivity contribution in [1.82, 2.24) is 10.3 Å². The van der Waals surface area contributed by atoms with Gasteiger partial charge >= 0.3 is 6.09 Å². The lowest BCUT2D eigenvalue weighted by atomic mass is 10.1. The SMILES string of the molecule is COc1ccc2c(Nc3cccc(COC(=O)NC(C)C)c3)c3ccccc3nc2c1. The third-order valence-electron chi connectivity index (χ3n) is 4.86. The molecule has 4 rings (SSSR count). The predicted molar refractivity (Wildman–Crippen MR) is 124 cm³/mol. The Balaban J connectivity index is 1.67. The summed E-state index contributed by atoms with van der Waals surface area (Å²) in [6, 6.07) is 21.8. The summed E-state index contributed by atoms with van der Waals surface area (Å²) in [5.74, 6) is 0.764. The second-order valence-corrected chi connectivity index (χ2v) is 7.59. The Labute approximate surface area is 181 Å². The smallest absolute Gasteiger partial charge is 0.407 e. The van der Waals surface area contributed by atoms with Crippen LogP contribution in [0.3, 0.4) is 0 Å². The Hall–Kier alpha value is -3.80. The zero-order valence-electron chi connectivity index (χ0n) is 17.8. The molecule has 1 aromatic heterocycles. The Morgan fingerprint density at radius 1 is 0.968 bits per heavy atom. The molecule has 0 saturated heterocycles. The standard InChI is InChI=1S/C25H25N3O3/c1-16(2)26-25(29)31-15-17-7-6-8-18(13-17)27-24-20-9-4-5-10-22(20)28-23-14-19(30-3)11-12-21(23)24/h4-14,16H,15H2,1-3H3,(H,26,29)(H,27,28). The highest BCUT2D eigenvalue weighted by atomic mass is 16.5. The highest BCUT2D eigenvalue weighted by Gasteiger charge is 2.11. The molecule has 0 unspecified atom stereocenters. The molecule has 0 fully saturated rings. The van der Waals surface area contributed by atoms with Crippen molar-refractivity contribution in [3.8, 4) is 5.75 Å². The molecule has 0 aliphatic heterocycles. The van der Waals surface area contributed by atoms with Gasteiger partial charge < -0.3 is 20.1 Å². The Morgan fingerprint density at radius 2 is 1.77 bits per heavy atom. The number of benzene rings is 3. The number of anilines is 2. The number of para-hydroxylation sites is 1. The number of rotatable bonds is 6. The fraction of sp³-hybridized carbons (Fsp3) is 0.200. The molecule has 1 heterocycles. The fourth-order valence-corrected chi connectivity index (χ4v) is 3.44. The van der Waals surface area contributed by atoms with E-state index in [2.05, 4.69) is 16.7 Å². The maximum absolute atomic E-state index is 11.8. The topological polar surface area (TPSA) is 72.5 Å². The second-order valence-electron chi connectivity index (χ2n) is 7.59. The summed E-state index contributed by atoms with van der Waals surface area (Å²) in [6.07, 6.45) is -0.423. The number of methoxy groups -OCH3 is 1. The second kappa shape index (κ2) is 8.92. The van der Waals surface area contributed by atoms with Gasteiger partial charge in [0.25, 0.3) is 0 Å². The molecule has 0 spiro atoms. The number of carbonyl (C=O) groups excluding carboxylic acids is 1. The van der Waals surface area contributed by atoms with Gasteiger partial charge in [-0.15, -0.1) is 0 Å². The van der Waals surface area contributed by atoms with E-state index in [1.54, 1.807) is 7.11 Å². The summed E-state index contributed by atoms with van der Waals surface area (Å²) >= 11 is 0. The average Bonchev–Trinajstić information content (AvgIpc) is 2.77. The van der Waals surface area contributed by atoms with Crippen LogP contribution in [0, 0.1) is 0 Å². The van der Waals surface area contributed by atoms with Crippen molar-refractivity contribution in [3.05, 3.63) is 72.3 Å². The lowest BCUT2D eigenvalue weighted by Crippen LogP contribution is -2.30. The summed E-state index contributed by atoms with van der Waals surface area (Å²) < 4.78 is 10.7. The van der Waals surface area contributed by atoms with Gasteiger partial charge in [0.1, 0.15) is 12.4 Å². The minimum absolute atomic E-state index is 0.0346. The van der Waals surface area contributed by atoms with Crippen LogP contribution in [0.25, 0.3) is 21.8 Å². The van der Waals surface area contributed by atoms with Crippen LogP contribution in [-0.4, -0.2) is 24.2 Å². The number of nitrogens with zero attached hydrogens (tertiary/aromatic N) is 1. The normalized spacial score (nSPS) is 11.0. The Morgan fingerprint density at radius 3 is 2.58 bits per heavy atom. The van der Waals surface area contributed by atoms with Crippen LogP contribution >= 0.6 is 0 Å². The van der Waals surface area contributed by atoms with Gasteiger partial charge in [-0.2, -0.15) is 0 Å². The van der Waals surface area contributed by atoms with Crippen molar-refractivity contribution in [3.63, 3.8) is 0 Å². The van der Waals surface area contributed by atoms with Crippen LogP contribution < -0.4 is 15.4 Å². The van der Waals surface area contributed by atoms with E-state index in [4.69, 9.17) is 14.5 Å². The van der Waals surface area contributed by atoms with E-state index in [1.807, 2.05) is 74.5 Å². The van der Waals surface area contributed by atoms with Crippen LogP contribution in [0.4, 0.5) is 16.2 Å². The van der Waals surface area contributed by atoms with Gasteiger partial charge in [0.15, 0.2) is 0 Å². The molecule has 4 aromatic rings. The third-order valence-corrected chi connectivity index (χ3v) is 4.86. The monoisotopic (exact) mass is 415 g/mol. The lowest BCUT2D eigenvalue weighted by molar-refractivity contribution is 0.137. The molecule has 3 aromatic carbocycles. The molecular formula is C25H25N3O3. The molecule has 1 amide bonds. The Bertz CT molecular complexity index is 1240. The van der Waals surface area contributed by atoms with Crippen molar-refractivity contribution in [1.29, 1.82) is 0 Å². The van der Waals surface area contributed by atoms with Gasteiger partial charge in [-0.3, -0.25) is 0 Å². The first kappa shape index (κ1) is 20.5. The number of ether oxygens (including phenoxy) is 2. The first-order chi connectivity index (χ1) is 15.0. The number of aromatic nitrogens is 1. The summed E-state index contributed by atoms with van der Waals surface area (Å²) in [5, 5.41) is 8.30. The van der Waals surface area contributed by atoms with Crippen molar-refractivity contribution >= 4 is 39.3 Å². The van der Waals surface area contributed by atoms with Crippen molar-refractivity contribution in [2.45, 2.75) is 26.5 Å². The van der Waals surface area contributed by atoms with Gasteiger partial charge in [-0.25, -0.2) is 9.78 Å². The van der Waals surface area contributed by atoms with Crippen molar-refractivity contribution < 1.29 is 14.3 Å². The predicted octanol–water partition coefficient (Wildman–Crippen LogP) is 5.77. The maximum Gasteiger partial charge on any atom is 0.407 e. The molecule has 0 atom stereocenters. The zero-order valence-corrected chi connectivity index (χ0v) is 17.8. The summed E-state index contributed by atoms with van der Waals surface area (Å²) in [7, 11) is 1.65. The lowest BCUT2D eigenvalue weighted by Gasteiger charge is -2.15. The first-order valence-electron chi connectivity index (χ1n) is 10.2. The van der Waals surface area contributed by atoms with Gasteiger partial charge in [0.2, 0.25) is 0 Å². The van der Waals surface area contributed by atoms with Crippen LogP contribution in [0.5, 0.6) is 5.75 Å². The van der Waals surface area contributed by atoms with E-state index in [0.29, 0.717) is 0 Å². The molecule has 0 aliphatic rings. The number of carbonyl (C=O) groups is 1. The van der Waals surface area contributed by atoms with E-state index in [0.717, 1.165) is 44.5 Å². The number of hydrogen-bond acceptors (Lipinski definition) is 5. The highest BCUT2D eigenvalue weighted by Crippen LogP contribution is 2.34. The molecule has 0 aliphatic carbocycles. The number of nitrogens with one attached hydrogen (secondary N) is 2. The molecular weight excluding hydrogens is 390 g/mol. The Kier molecular flexibility index (Phi) is 5.89. The molecule has 31 heavy (non-hydrogen) atoms. The summed E-state index contributed by atoms with van der Waals surface area (Å²) in [4.78, 5) is 16.6. The number of hydrogen-bond donors (Lipinski definition) is 2. The van der Waals surface area contributed by atoms with Crippen LogP contribution in [0.2, 0.25) is 0 Å². The summed E-state index contributed by atoms with van der Waals surface area (Å²) in [6.45, 7) is 3.98. The number of amides is 1. The molecule has 0 radical (unpaired) electrons. The quantitative estimate of drug-likeness (QED) is 0.391. The average molecular weight is 415 g/mol. The van der Waals surface area contributed by atoms with Gasteiger partial charge in [0.05, 0.1) is 23.8 Å². The maximum atomic E-state index is 11.8. The summed E-state index contributed by atoms with van der Waals surface area (Å²) in [5.41, 5.74) is 4.52. The fourth-order valence-electron chi connectivity index (χ4n) is 3.44. The molecule has 158 valence electrons. The number of pyridine rings is 1. The van der Waals surface area contributed by atoms with Gasteiger partial charge in [0, 0.05) is 28.6 Å². The van der Waals surface area contributed by atoms with E-state index in [-0.39, 0.29) is 12.6 Å². The minimum atomic E-state index is -0.423. The van der Waals surface area contributed by atoms with Gasteiger partial charge in [-0.1, -0.05) is 30.3 Å². The highest BCUT2D eigenvalue weighted by molar-refractivity contribution is 6.08. The van der Waals surface area contributed by atoms with E-state index in [1.165, 1.54) is 0 Å². The van der Waals surface area contributed by atoms with Gasteiger partial charge in [-0.05, 0) is 49.7 Å². The van der Waals surface area contributed by atoms with E-state index in [9.17, 15) is 4.79 Å². The zero-order chi connectivity index (χ0) is 21.8. The van der Waals surface area contributed by atoms with Crippen LogP contribution in [0.1, 0.15) is 19.4 Å². The van der Waals surface area contributed by atoms with E-state index < -0.39 is 6.09 Å². The van der Waals surface area contributed by atoms with Crippen LogP contribution in [0.15, 0.2) is 66.7 Å². The van der Waals surface area contributed by atoms with Crippen molar-refractivity contribution in [2.24, 2.45) is 0 Å². The van der Waals surface area contributed by atoms with Crippen LogP contribution in [-0.2, 0) is 11.3 Å². The third kappa shape index (κ3) is 4.69. The van der Waals surface area contributed by atoms with Crippen molar-refractivity contribution in [2.75, 3.05) is 12.4 Å². The largest absolute Gasteiger partial charge is 0.497 e. The molecule has 0 bridgehead atoms. The van der Waals surface area contributed by atoms with E-state index >= 15 is 0 Å². The number of alkyl carbamates (subject to hydrolysis) is 1. The number of fused-ring (bicyclic) bond motifs is 2. The first-order valence-corrected chi connectivity index (χ1v) is 10.2. The molecule has 6 heteroatoms. The minimum Gasteiger partial charge on any atom is -0.497 e. The molecule has 0 saturated carbocycles. The molecule has 6 nitrogen and oxygen atoms in total.